The number of carbonyl (C=O) groups is 1. The Morgan fingerprint density at radius 3 is 2.60 bits per heavy atom. The Bertz CT molecular complexity index is 566. The third kappa shape index (κ3) is 3.22. The highest BCUT2D eigenvalue weighted by Crippen LogP contribution is 2.29. The lowest BCUT2D eigenvalue weighted by molar-refractivity contribution is -0.140. The summed E-state index contributed by atoms with van der Waals surface area (Å²) in [6.07, 6.45) is 3.64. The Labute approximate surface area is 123 Å². The predicted molar refractivity (Wildman–Crippen MR) is 80.1 cm³/mol. The smallest absolute Gasteiger partial charge is 0.319 e. The number of rotatable bonds is 5. The lowest BCUT2D eigenvalue weighted by atomic mass is 10.1. The third-order valence-electron chi connectivity index (χ3n) is 2.91. The molecule has 0 unspecified atom stereocenters. The summed E-state index contributed by atoms with van der Waals surface area (Å²) in [7, 11) is 1.42. The maximum Gasteiger partial charge on any atom is 0.319 e. The molecule has 0 radical (unpaired) electrons. The first-order valence-electron chi connectivity index (χ1n) is 6.46. The number of ether oxygens (including phenoxy) is 1. The van der Waals surface area contributed by atoms with E-state index in [0.717, 1.165) is 10.8 Å². The van der Waals surface area contributed by atoms with Crippen molar-refractivity contribution in [1.82, 2.24) is 9.55 Å². The molecule has 0 saturated heterocycles. The lowest BCUT2D eigenvalue weighted by Gasteiger charge is -2.17. The number of methoxy groups -OCH3 is 1. The Hall–Kier alpha value is -1.75. The van der Waals surface area contributed by atoms with Crippen molar-refractivity contribution in [1.29, 1.82) is 0 Å². The first-order valence-corrected chi connectivity index (χ1v) is 7.34. The number of imidazole rings is 1. The van der Waals surface area contributed by atoms with Gasteiger partial charge >= 0.3 is 5.97 Å². The standard InChI is InChI=1S/C15H18N2O2S/c1-11(2)13(14(18)19-3)20-15-16-9-10-17(15)12-7-5-4-6-8-12/h4-11,13H,1-3H3/t13-/m1/s1. The molecule has 1 atom stereocenters. The SMILES string of the molecule is COC(=O)[C@H](Sc1nccn1-c1ccccc1)C(C)C. The highest BCUT2D eigenvalue weighted by molar-refractivity contribution is 8.00. The number of nitrogens with zero attached hydrogens (tertiary/aromatic N) is 2. The molecule has 106 valence electrons. The number of thioether (sulfide) groups is 1. The number of para-hydroxylation sites is 1. The molecule has 0 saturated carbocycles. The normalized spacial score (nSPS) is 12.4. The largest absolute Gasteiger partial charge is 0.468 e. The van der Waals surface area contributed by atoms with Crippen LogP contribution >= 0.6 is 11.8 Å². The van der Waals surface area contributed by atoms with Crippen LogP contribution in [-0.4, -0.2) is 27.9 Å². The van der Waals surface area contributed by atoms with Crippen LogP contribution in [0.1, 0.15) is 13.8 Å². The molecule has 0 aliphatic carbocycles. The van der Waals surface area contributed by atoms with Gasteiger partial charge in [-0.25, -0.2) is 4.98 Å². The molecule has 0 aliphatic rings. The first kappa shape index (κ1) is 14.7. The predicted octanol–water partition coefficient (Wildman–Crippen LogP) is 3.16. The van der Waals surface area contributed by atoms with Crippen molar-refractivity contribution in [3.05, 3.63) is 42.7 Å². The Kier molecular flexibility index (Phi) is 4.84. The van der Waals surface area contributed by atoms with E-state index in [-0.39, 0.29) is 17.1 Å². The van der Waals surface area contributed by atoms with Crippen LogP contribution in [0.15, 0.2) is 47.9 Å². The minimum Gasteiger partial charge on any atom is -0.468 e. The molecule has 0 spiro atoms. The fourth-order valence-electron chi connectivity index (χ4n) is 1.85. The summed E-state index contributed by atoms with van der Waals surface area (Å²) in [5, 5.41) is 0.533. The minimum absolute atomic E-state index is 0.174. The van der Waals surface area contributed by atoms with Gasteiger partial charge in [-0.3, -0.25) is 9.36 Å². The van der Waals surface area contributed by atoms with Crippen LogP contribution in [0.3, 0.4) is 0 Å². The van der Waals surface area contributed by atoms with Crippen LogP contribution in [0.25, 0.3) is 5.69 Å². The molecular weight excluding hydrogens is 272 g/mol. The molecular formula is C15H18N2O2S. The summed E-state index contributed by atoms with van der Waals surface area (Å²) in [5.74, 6) is -0.0408. The van der Waals surface area contributed by atoms with E-state index in [2.05, 4.69) is 4.98 Å². The second-order valence-corrected chi connectivity index (χ2v) is 5.83. The van der Waals surface area contributed by atoms with Crippen molar-refractivity contribution in [2.24, 2.45) is 5.92 Å². The summed E-state index contributed by atoms with van der Waals surface area (Å²) in [6.45, 7) is 4.01. The summed E-state index contributed by atoms with van der Waals surface area (Å²) in [4.78, 5) is 16.2. The van der Waals surface area contributed by atoms with Gasteiger partial charge in [0, 0.05) is 18.1 Å². The molecule has 0 fully saturated rings. The average molecular weight is 290 g/mol. The molecule has 0 amide bonds. The quantitative estimate of drug-likeness (QED) is 0.627. The van der Waals surface area contributed by atoms with Gasteiger partial charge in [0.15, 0.2) is 5.16 Å². The van der Waals surface area contributed by atoms with Gasteiger partial charge in [-0.1, -0.05) is 43.8 Å². The van der Waals surface area contributed by atoms with E-state index in [1.54, 1.807) is 6.20 Å². The van der Waals surface area contributed by atoms with Gasteiger partial charge in [-0.15, -0.1) is 0 Å². The number of esters is 1. The Morgan fingerprint density at radius 1 is 1.30 bits per heavy atom. The zero-order valence-electron chi connectivity index (χ0n) is 11.8. The van der Waals surface area contributed by atoms with Gasteiger partial charge in [0.1, 0.15) is 5.25 Å². The van der Waals surface area contributed by atoms with Crippen molar-refractivity contribution < 1.29 is 9.53 Å². The van der Waals surface area contributed by atoms with E-state index in [4.69, 9.17) is 4.74 Å². The molecule has 1 aromatic carbocycles. The topological polar surface area (TPSA) is 44.1 Å². The van der Waals surface area contributed by atoms with Crippen LogP contribution in [-0.2, 0) is 9.53 Å². The van der Waals surface area contributed by atoms with Gasteiger partial charge < -0.3 is 4.74 Å². The second kappa shape index (κ2) is 6.61. The van der Waals surface area contributed by atoms with Crippen molar-refractivity contribution >= 4 is 17.7 Å². The van der Waals surface area contributed by atoms with Crippen LogP contribution in [0.5, 0.6) is 0 Å². The number of hydrogen-bond donors (Lipinski definition) is 0. The highest BCUT2D eigenvalue weighted by atomic mass is 32.2. The van der Waals surface area contributed by atoms with E-state index in [0.29, 0.717) is 0 Å². The summed E-state index contributed by atoms with van der Waals surface area (Å²) in [6, 6.07) is 9.94. The Balaban J connectivity index is 2.26. The van der Waals surface area contributed by atoms with Crippen molar-refractivity contribution in [3.8, 4) is 5.69 Å². The molecule has 2 rings (SSSR count). The first-order chi connectivity index (χ1) is 9.63. The van der Waals surface area contributed by atoms with Gasteiger partial charge in [0.05, 0.1) is 7.11 Å². The molecule has 1 aromatic heterocycles. The summed E-state index contributed by atoms with van der Waals surface area (Å²) >= 11 is 1.43. The molecule has 1 heterocycles. The molecule has 4 nitrogen and oxygen atoms in total. The molecule has 0 aliphatic heterocycles. The molecule has 5 heteroatoms. The minimum atomic E-state index is -0.259. The highest BCUT2D eigenvalue weighted by Gasteiger charge is 2.26. The zero-order valence-corrected chi connectivity index (χ0v) is 12.6. The van der Waals surface area contributed by atoms with Crippen LogP contribution < -0.4 is 0 Å². The fourth-order valence-corrected chi connectivity index (χ4v) is 2.94. The monoisotopic (exact) mass is 290 g/mol. The molecule has 0 bridgehead atoms. The summed E-state index contributed by atoms with van der Waals surface area (Å²) in [5.41, 5.74) is 1.03. The van der Waals surface area contributed by atoms with Crippen LogP contribution in [0.2, 0.25) is 0 Å². The van der Waals surface area contributed by atoms with Crippen molar-refractivity contribution in [3.63, 3.8) is 0 Å². The van der Waals surface area contributed by atoms with Gasteiger partial charge in [-0.2, -0.15) is 0 Å². The van der Waals surface area contributed by atoms with E-state index in [9.17, 15) is 4.79 Å². The van der Waals surface area contributed by atoms with Gasteiger partial charge in [-0.05, 0) is 18.1 Å². The van der Waals surface area contributed by atoms with Gasteiger partial charge in [0.2, 0.25) is 0 Å². The van der Waals surface area contributed by atoms with Crippen molar-refractivity contribution in [2.75, 3.05) is 7.11 Å². The van der Waals surface area contributed by atoms with Gasteiger partial charge in [0.25, 0.3) is 0 Å². The van der Waals surface area contributed by atoms with E-state index in [1.165, 1.54) is 18.9 Å². The lowest BCUT2D eigenvalue weighted by Crippen LogP contribution is -2.24. The van der Waals surface area contributed by atoms with Crippen molar-refractivity contribution in [2.45, 2.75) is 24.3 Å². The van der Waals surface area contributed by atoms with E-state index >= 15 is 0 Å². The zero-order chi connectivity index (χ0) is 14.5. The average Bonchev–Trinajstić information content (AvgIpc) is 2.92. The Morgan fingerprint density at radius 2 is 2.00 bits per heavy atom. The molecule has 20 heavy (non-hydrogen) atoms. The van der Waals surface area contributed by atoms with E-state index < -0.39 is 0 Å². The molecule has 0 N–H and O–H groups in total. The third-order valence-corrected chi connectivity index (χ3v) is 4.42. The summed E-state index contributed by atoms with van der Waals surface area (Å²) < 4.78 is 6.85. The van der Waals surface area contributed by atoms with Crippen LogP contribution in [0, 0.1) is 5.92 Å². The number of benzene rings is 1. The van der Waals surface area contributed by atoms with Crippen LogP contribution in [0.4, 0.5) is 0 Å². The fraction of sp³-hybridized carbons (Fsp3) is 0.333. The maximum atomic E-state index is 11.8. The number of carbonyl (C=O) groups excluding carboxylic acids is 1. The van der Waals surface area contributed by atoms with E-state index in [1.807, 2.05) is 54.9 Å². The number of aromatic nitrogens is 2. The number of hydrogen-bond acceptors (Lipinski definition) is 4. The second-order valence-electron chi connectivity index (χ2n) is 4.72. The molecule has 2 aromatic rings. The maximum absolute atomic E-state index is 11.8.